The standard InChI is InChI=1S/C15H24N2O/c1-11-5-13(8-15(2,3)7-11)18-14-6-12(16-4)9-17-10-14/h6,9-11,13,16H,5,7-8H2,1-4H3. The zero-order chi connectivity index (χ0) is 13.2. The van der Waals surface area contributed by atoms with Crippen LogP contribution in [0.4, 0.5) is 5.69 Å². The zero-order valence-corrected chi connectivity index (χ0v) is 11.9. The van der Waals surface area contributed by atoms with Gasteiger partial charge in [0.1, 0.15) is 5.75 Å². The minimum absolute atomic E-state index is 0.317. The highest BCUT2D eigenvalue weighted by atomic mass is 16.5. The maximum Gasteiger partial charge on any atom is 0.140 e. The zero-order valence-electron chi connectivity index (χ0n) is 11.9. The fourth-order valence-electron chi connectivity index (χ4n) is 3.16. The van der Waals surface area contributed by atoms with E-state index >= 15 is 0 Å². The lowest BCUT2D eigenvalue weighted by atomic mass is 9.71. The van der Waals surface area contributed by atoms with Crippen molar-refractivity contribution in [3.8, 4) is 5.75 Å². The van der Waals surface area contributed by atoms with Crippen LogP contribution in [0.2, 0.25) is 0 Å². The van der Waals surface area contributed by atoms with Crippen molar-refractivity contribution in [2.24, 2.45) is 11.3 Å². The van der Waals surface area contributed by atoms with Crippen LogP contribution in [-0.2, 0) is 0 Å². The van der Waals surface area contributed by atoms with Gasteiger partial charge in [0.15, 0.2) is 0 Å². The Bertz CT molecular complexity index is 403. The van der Waals surface area contributed by atoms with Crippen LogP contribution in [0.3, 0.4) is 0 Å². The molecule has 1 aromatic heterocycles. The number of pyridine rings is 1. The molecule has 1 heterocycles. The number of ether oxygens (including phenoxy) is 1. The Balaban J connectivity index is 2.04. The third-order valence-corrected chi connectivity index (χ3v) is 3.65. The van der Waals surface area contributed by atoms with Crippen LogP contribution >= 0.6 is 0 Å². The average molecular weight is 248 g/mol. The van der Waals surface area contributed by atoms with Crippen molar-refractivity contribution in [2.75, 3.05) is 12.4 Å². The molecule has 0 spiro atoms. The molecule has 100 valence electrons. The van der Waals surface area contributed by atoms with E-state index in [1.54, 1.807) is 12.4 Å². The van der Waals surface area contributed by atoms with Crippen LogP contribution < -0.4 is 10.1 Å². The molecule has 0 saturated heterocycles. The highest BCUT2D eigenvalue weighted by molar-refractivity contribution is 5.44. The third-order valence-electron chi connectivity index (χ3n) is 3.65. The number of aromatic nitrogens is 1. The minimum Gasteiger partial charge on any atom is -0.489 e. The topological polar surface area (TPSA) is 34.2 Å². The van der Waals surface area contributed by atoms with Crippen LogP contribution in [0.25, 0.3) is 0 Å². The Morgan fingerprint density at radius 3 is 2.78 bits per heavy atom. The third kappa shape index (κ3) is 3.37. The van der Waals surface area contributed by atoms with Crippen LogP contribution in [0.1, 0.15) is 40.0 Å². The van der Waals surface area contributed by atoms with E-state index < -0.39 is 0 Å². The van der Waals surface area contributed by atoms with Gasteiger partial charge in [-0.3, -0.25) is 4.98 Å². The SMILES string of the molecule is CNc1cncc(OC2CC(C)CC(C)(C)C2)c1. The average Bonchev–Trinajstić information content (AvgIpc) is 2.26. The van der Waals surface area contributed by atoms with Gasteiger partial charge in [-0.1, -0.05) is 20.8 Å². The molecular weight excluding hydrogens is 224 g/mol. The molecule has 2 rings (SSSR count). The smallest absolute Gasteiger partial charge is 0.140 e. The molecule has 3 nitrogen and oxygen atoms in total. The summed E-state index contributed by atoms with van der Waals surface area (Å²) in [6, 6.07) is 2.01. The molecule has 0 radical (unpaired) electrons. The summed E-state index contributed by atoms with van der Waals surface area (Å²) in [5, 5.41) is 3.09. The quantitative estimate of drug-likeness (QED) is 0.885. The largest absolute Gasteiger partial charge is 0.489 e. The lowest BCUT2D eigenvalue weighted by Gasteiger charge is -2.38. The first-order chi connectivity index (χ1) is 8.48. The monoisotopic (exact) mass is 248 g/mol. The van der Waals surface area contributed by atoms with Gasteiger partial charge < -0.3 is 10.1 Å². The summed E-state index contributed by atoms with van der Waals surface area (Å²) in [5.74, 6) is 1.61. The summed E-state index contributed by atoms with van der Waals surface area (Å²) in [6.45, 7) is 6.99. The molecule has 18 heavy (non-hydrogen) atoms. The Morgan fingerprint density at radius 1 is 1.33 bits per heavy atom. The van der Waals surface area contributed by atoms with Crippen LogP contribution in [0.15, 0.2) is 18.5 Å². The van der Waals surface area contributed by atoms with Crippen molar-refractivity contribution < 1.29 is 4.74 Å². The van der Waals surface area contributed by atoms with Crippen molar-refractivity contribution in [1.29, 1.82) is 0 Å². The Kier molecular flexibility index (Phi) is 3.79. The van der Waals surface area contributed by atoms with Crippen LogP contribution in [0.5, 0.6) is 5.75 Å². The number of anilines is 1. The Hall–Kier alpha value is -1.25. The second-order valence-corrected chi connectivity index (χ2v) is 6.31. The molecule has 1 aliphatic rings. The summed E-state index contributed by atoms with van der Waals surface area (Å²) in [7, 11) is 1.90. The van der Waals surface area contributed by atoms with Gasteiger partial charge in [-0.2, -0.15) is 0 Å². The van der Waals surface area contributed by atoms with Gasteiger partial charge in [-0.25, -0.2) is 0 Å². The van der Waals surface area contributed by atoms with Gasteiger partial charge >= 0.3 is 0 Å². The van der Waals surface area contributed by atoms with E-state index in [-0.39, 0.29) is 0 Å². The molecule has 1 aliphatic carbocycles. The van der Waals surface area contributed by atoms with Gasteiger partial charge in [-0.05, 0) is 30.6 Å². The second-order valence-electron chi connectivity index (χ2n) is 6.31. The number of rotatable bonds is 3. The van der Waals surface area contributed by atoms with Crippen LogP contribution in [-0.4, -0.2) is 18.1 Å². The highest BCUT2D eigenvalue weighted by Crippen LogP contribution is 2.40. The number of hydrogen-bond acceptors (Lipinski definition) is 3. The summed E-state index contributed by atoms with van der Waals surface area (Å²) in [4.78, 5) is 4.19. The maximum atomic E-state index is 6.10. The first-order valence-corrected chi connectivity index (χ1v) is 6.78. The van der Waals surface area contributed by atoms with Gasteiger partial charge in [0.2, 0.25) is 0 Å². The van der Waals surface area contributed by atoms with Crippen molar-refractivity contribution in [1.82, 2.24) is 4.98 Å². The van der Waals surface area contributed by atoms with Gasteiger partial charge in [-0.15, -0.1) is 0 Å². The minimum atomic E-state index is 0.317. The Labute approximate surface area is 110 Å². The molecule has 0 bridgehead atoms. The molecule has 1 aromatic rings. The summed E-state index contributed by atoms with van der Waals surface area (Å²) in [5.41, 5.74) is 1.38. The number of nitrogens with zero attached hydrogens (tertiary/aromatic N) is 1. The molecule has 1 saturated carbocycles. The lowest BCUT2D eigenvalue weighted by molar-refractivity contribution is 0.0560. The van der Waals surface area contributed by atoms with E-state index in [4.69, 9.17) is 4.74 Å². The molecule has 1 N–H and O–H groups in total. The fourth-order valence-corrected chi connectivity index (χ4v) is 3.16. The molecule has 0 aliphatic heterocycles. The van der Waals surface area contributed by atoms with E-state index in [2.05, 4.69) is 31.1 Å². The fraction of sp³-hybridized carbons (Fsp3) is 0.667. The summed E-state index contributed by atoms with van der Waals surface area (Å²) < 4.78 is 6.10. The van der Waals surface area contributed by atoms with E-state index in [9.17, 15) is 0 Å². The van der Waals surface area contributed by atoms with Gasteiger partial charge in [0.05, 0.1) is 24.2 Å². The van der Waals surface area contributed by atoms with E-state index in [0.29, 0.717) is 11.5 Å². The summed E-state index contributed by atoms with van der Waals surface area (Å²) in [6.07, 6.45) is 7.49. The predicted molar refractivity (Wildman–Crippen MR) is 75.0 cm³/mol. The van der Waals surface area contributed by atoms with Crippen LogP contribution in [0, 0.1) is 11.3 Å². The Morgan fingerprint density at radius 2 is 2.11 bits per heavy atom. The summed E-state index contributed by atoms with van der Waals surface area (Å²) >= 11 is 0. The van der Waals surface area contributed by atoms with Crippen molar-refractivity contribution >= 4 is 5.69 Å². The maximum absolute atomic E-state index is 6.10. The lowest BCUT2D eigenvalue weighted by Crippen LogP contribution is -2.34. The second kappa shape index (κ2) is 5.17. The number of hydrogen-bond donors (Lipinski definition) is 1. The highest BCUT2D eigenvalue weighted by Gasteiger charge is 2.33. The van der Waals surface area contributed by atoms with Crippen molar-refractivity contribution in [3.05, 3.63) is 18.5 Å². The van der Waals surface area contributed by atoms with E-state index in [1.165, 1.54) is 6.42 Å². The molecule has 1 fully saturated rings. The van der Waals surface area contributed by atoms with Gasteiger partial charge in [0.25, 0.3) is 0 Å². The van der Waals surface area contributed by atoms with E-state index in [1.807, 2.05) is 13.1 Å². The molecule has 3 heteroatoms. The predicted octanol–water partition coefficient (Wildman–Crippen LogP) is 3.72. The van der Waals surface area contributed by atoms with E-state index in [0.717, 1.165) is 30.2 Å². The first-order valence-electron chi connectivity index (χ1n) is 6.78. The van der Waals surface area contributed by atoms with Crippen molar-refractivity contribution in [2.45, 2.75) is 46.1 Å². The molecule has 2 unspecified atom stereocenters. The normalized spacial score (nSPS) is 26.7. The molecule has 0 aromatic carbocycles. The molecule has 2 atom stereocenters. The molecular formula is C15H24N2O. The number of nitrogens with one attached hydrogen (secondary N) is 1. The van der Waals surface area contributed by atoms with Crippen molar-refractivity contribution in [3.63, 3.8) is 0 Å². The molecule has 0 amide bonds. The van der Waals surface area contributed by atoms with Gasteiger partial charge in [0, 0.05) is 13.1 Å². The first kappa shape index (κ1) is 13.2.